The predicted octanol–water partition coefficient (Wildman–Crippen LogP) is 5.98. The molecule has 3 aromatic carbocycles. The Bertz CT molecular complexity index is 1410. The zero-order valence-electron chi connectivity index (χ0n) is 17.7. The topological polar surface area (TPSA) is 89.5 Å². The molecule has 1 aliphatic heterocycles. The van der Waals surface area contributed by atoms with Gasteiger partial charge in [-0.3, -0.25) is 9.59 Å². The third-order valence-electron chi connectivity index (χ3n) is 4.84. The minimum absolute atomic E-state index is 0.0524. The summed E-state index contributed by atoms with van der Waals surface area (Å²) in [4.78, 5) is 24.9. The third-order valence-corrected chi connectivity index (χ3v) is 8.29. The fourth-order valence-corrected chi connectivity index (χ4v) is 6.28. The summed E-state index contributed by atoms with van der Waals surface area (Å²) >= 11 is 13.5. The number of carbonyl (C=O) groups is 2. The number of amides is 1. The summed E-state index contributed by atoms with van der Waals surface area (Å²) < 4.78 is 31.0. The number of benzene rings is 3. The molecule has 4 rings (SSSR count). The van der Waals surface area contributed by atoms with Gasteiger partial charge in [0, 0.05) is 27.4 Å². The fraction of sp³-hybridized carbons (Fsp3) is 0.0833. The van der Waals surface area contributed by atoms with Crippen LogP contribution >= 0.6 is 35.0 Å². The van der Waals surface area contributed by atoms with Crippen molar-refractivity contribution in [3.63, 3.8) is 0 Å². The van der Waals surface area contributed by atoms with Gasteiger partial charge in [-0.25, -0.2) is 8.42 Å². The summed E-state index contributed by atoms with van der Waals surface area (Å²) in [6.07, 6.45) is 1.70. The van der Waals surface area contributed by atoms with Crippen LogP contribution in [0.2, 0.25) is 10.0 Å². The van der Waals surface area contributed by atoms with Crippen molar-refractivity contribution in [2.24, 2.45) is 0 Å². The van der Waals surface area contributed by atoms with Gasteiger partial charge in [0.1, 0.15) is 5.75 Å². The number of thioether (sulfide) groups is 1. The molecule has 0 spiro atoms. The van der Waals surface area contributed by atoms with E-state index in [0.29, 0.717) is 26.8 Å². The van der Waals surface area contributed by atoms with E-state index >= 15 is 0 Å². The highest BCUT2D eigenvalue weighted by molar-refractivity contribution is 8.04. The average Bonchev–Trinajstić information content (AvgIpc) is 2.77. The second kappa shape index (κ2) is 9.84. The van der Waals surface area contributed by atoms with Crippen LogP contribution < -0.4 is 10.1 Å². The number of nitrogens with one attached hydrogen (secondary N) is 1. The predicted molar refractivity (Wildman–Crippen MR) is 134 cm³/mol. The smallest absolute Gasteiger partial charge is 0.308 e. The van der Waals surface area contributed by atoms with E-state index in [1.807, 2.05) is 0 Å². The summed E-state index contributed by atoms with van der Waals surface area (Å²) in [5.41, 5.74) is 1.48. The van der Waals surface area contributed by atoms with Crippen molar-refractivity contribution >= 4 is 68.4 Å². The van der Waals surface area contributed by atoms with Gasteiger partial charge >= 0.3 is 5.97 Å². The van der Waals surface area contributed by atoms with E-state index in [-0.39, 0.29) is 26.6 Å². The summed E-state index contributed by atoms with van der Waals surface area (Å²) in [6.45, 7) is 1.32. The van der Waals surface area contributed by atoms with Crippen LogP contribution in [-0.4, -0.2) is 20.3 Å². The molecule has 10 heteroatoms. The quantitative estimate of drug-likeness (QED) is 0.246. The molecule has 0 radical (unpaired) electrons. The first-order valence-corrected chi connectivity index (χ1v) is 13.1. The lowest BCUT2D eigenvalue weighted by Crippen LogP contribution is -2.18. The molecule has 0 atom stereocenters. The number of rotatable bonds is 5. The van der Waals surface area contributed by atoms with Crippen molar-refractivity contribution in [2.75, 3.05) is 5.32 Å². The molecule has 34 heavy (non-hydrogen) atoms. The minimum atomic E-state index is -3.76. The second-order valence-electron chi connectivity index (χ2n) is 7.34. The zero-order valence-corrected chi connectivity index (χ0v) is 20.8. The Kier molecular flexibility index (Phi) is 7.04. The molecule has 174 valence electrons. The normalized spacial score (nSPS) is 14.4. The summed E-state index contributed by atoms with van der Waals surface area (Å²) in [6, 6.07) is 16.1. The molecule has 0 aromatic heterocycles. The van der Waals surface area contributed by atoms with Crippen LogP contribution in [0.25, 0.3) is 6.08 Å². The first-order chi connectivity index (χ1) is 16.1. The maximum Gasteiger partial charge on any atom is 0.308 e. The Hall–Kier alpha value is -2.78. The molecule has 0 saturated carbocycles. The van der Waals surface area contributed by atoms with Crippen molar-refractivity contribution in [2.45, 2.75) is 22.5 Å². The first-order valence-electron chi connectivity index (χ1n) is 9.91. The third kappa shape index (κ3) is 5.47. The minimum Gasteiger partial charge on any atom is -0.427 e. The molecule has 1 amide bonds. The standard InChI is InChI=1S/C24H17Cl2NO5S2/c1-14(28)32-16-7-5-15(6-8-16)11-23-24(29)27-21-12-17(9-10-22(21)33-23)34(30,31)13-18-19(25)3-2-4-20(18)26/h2-12H,13H2,1H3,(H,27,29)/b23-11+. The number of halogens is 2. The number of ether oxygens (including phenoxy) is 1. The van der Waals surface area contributed by atoms with Crippen LogP contribution in [0.4, 0.5) is 5.69 Å². The number of fused-ring (bicyclic) bond motifs is 1. The van der Waals surface area contributed by atoms with Gasteiger partial charge < -0.3 is 10.1 Å². The van der Waals surface area contributed by atoms with Crippen LogP contribution in [-0.2, 0) is 25.2 Å². The molecule has 0 unspecified atom stereocenters. The van der Waals surface area contributed by atoms with Crippen LogP contribution in [0.1, 0.15) is 18.1 Å². The fourth-order valence-electron chi connectivity index (χ4n) is 3.23. The van der Waals surface area contributed by atoms with E-state index in [9.17, 15) is 18.0 Å². The van der Waals surface area contributed by atoms with E-state index in [0.717, 1.165) is 5.56 Å². The van der Waals surface area contributed by atoms with Crippen molar-refractivity contribution < 1.29 is 22.7 Å². The van der Waals surface area contributed by atoms with Gasteiger partial charge in [0.15, 0.2) is 9.84 Å². The molecule has 1 N–H and O–H groups in total. The van der Waals surface area contributed by atoms with Crippen LogP contribution in [0.3, 0.4) is 0 Å². The van der Waals surface area contributed by atoms with Gasteiger partial charge in [-0.1, -0.05) is 53.2 Å². The van der Waals surface area contributed by atoms with Gasteiger partial charge in [-0.05, 0) is 54.1 Å². The van der Waals surface area contributed by atoms with Gasteiger partial charge in [0.2, 0.25) is 0 Å². The number of hydrogen-bond donors (Lipinski definition) is 1. The lowest BCUT2D eigenvalue weighted by Gasteiger charge is -2.19. The van der Waals surface area contributed by atoms with Crippen molar-refractivity contribution in [1.82, 2.24) is 0 Å². The molecule has 1 aliphatic rings. The Morgan fingerprint density at radius 3 is 2.38 bits per heavy atom. The second-order valence-corrected chi connectivity index (χ2v) is 11.2. The van der Waals surface area contributed by atoms with E-state index < -0.39 is 15.8 Å². The molecular weight excluding hydrogens is 517 g/mol. The summed E-state index contributed by atoms with van der Waals surface area (Å²) in [5.74, 6) is -0.723. The molecule has 0 saturated heterocycles. The highest BCUT2D eigenvalue weighted by Gasteiger charge is 2.25. The van der Waals surface area contributed by atoms with Crippen LogP contribution in [0, 0.1) is 0 Å². The van der Waals surface area contributed by atoms with E-state index in [4.69, 9.17) is 27.9 Å². The average molecular weight is 534 g/mol. The number of hydrogen-bond acceptors (Lipinski definition) is 6. The van der Waals surface area contributed by atoms with Gasteiger partial charge in [-0.15, -0.1) is 0 Å². The zero-order chi connectivity index (χ0) is 24.5. The summed E-state index contributed by atoms with van der Waals surface area (Å²) in [7, 11) is -3.76. The van der Waals surface area contributed by atoms with Gasteiger partial charge in [0.25, 0.3) is 5.91 Å². The number of esters is 1. The highest BCUT2D eigenvalue weighted by atomic mass is 35.5. The number of carbonyl (C=O) groups excluding carboxylic acids is 2. The first kappa shape index (κ1) is 24.3. The molecule has 1 heterocycles. The maximum absolute atomic E-state index is 13.0. The number of anilines is 1. The number of sulfone groups is 1. The monoisotopic (exact) mass is 533 g/mol. The van der Waals surface area contributed by atoms with E-state index in [2.05, 4.69) is 5.32 Å². The van der Waals surface area contributed by atoms with Gasteiger partial charge in [-0.2, -0.15) is 0 Å². The van der Waals surface area contributed by atoms with E-state index in [1.165, 1.54) is 30.8 Å². The Balaban J connectivity index is 1.56. The maximum atomic E-state index is 13.0. The Morgan fingerprint density at radius 1 is 1.06 bits per heavy atom. The SMILES string of the molecule is CC(=O)Oc1ccc(/C=C2/Sc3ccc(S(=O)(=O)Cc4c(Cl)cccc4Cl)cc3NC2=O)cc1. The molecule has 3 aromatic rings. The van der Waals surface area contributed by atoms with Crippen molar-refractivity contribution in [1.29, 1.82) is 0 Å². The largest absolute Gasteiger partial charge is 0.427 e. The lowest BCUT2D eigenvalue weighted by atomic mass is 10.2. The van der Waals surface area contributed by atoms with Crippen LogP contribution in [0.15, 0.2) is 75.4 Å². The lowest BCUT2D eigenvalue weighted by molar-refractivity contribution is -0.131. The highest BCUT2D eigenvalue weighted by Crippen LogP contribution is 2.40. The summed E-state index contributed by atoms with van der Waals surface area (Å²) in [5, 5.41) is 3.30. The molecule has 0 aliphatic carbocycles. The van der Waals surface area contributed by atoms with Gasteiger partial charge in [0.05, 0.1) is 21.2 Å². The van der Waals surface area contributed by atoms with Crippen molar-refractivity contribution in [3.8, 4) is 5.75 Å². The Labute approximate surface area is 210 Å². The molecule has 0 fully saturated rings. The van der Waals surface area contributed by atoms with E-state index in [1.54, 1.807) is 54.6 Å². The molecule has 0 bridgehead atoms. The van der Waals surface area contributed by atoms with Crippen LogP contribution in [0.5, 0.6) is 5.75 Å². The van der Waals surface area contributed by atoms with Crippen molar-refractivity contribution in [3.05, 3.63) is 86.7 Å². The Morgan fingerprint density at radius 2 is 1.74 bits per heavy atom. The molecule has 6 nitrogen and oxygen atoms in total. The molecular formula is C24H17Cl2NO5S2.